The lowest BCUT2D eigenvalue weighted by Gasteiger charge is -2.26. The first-order chi connectivity index (χ1) is 10.3. The lowest BCUT2D eigenvalue weighted by molar-refractivity contribution is 0.282. The van der Waals surface area contributed by atoms with Crippen molar-refractivity contribution in [2.45, 2.75) is 39.0 Å². The molecule has 2 heteroatoms. The van der Waals surface area contributed by atoms with E-state index >= 15 is 0 Å². The minimum Gasteiger partial charge on any atom is -0.316 e. The number of hydrogen-bond acceptors (Lipinski definition) is 2. The Kier molecular flexibility index (Phi) is 4.87. The molecule has 0 atom stereocenters. The van der Waals surface area contributed by atoms with E-state index in [4.69, 9.17) is 0 Å². The predicted octanol–water partition coefficient (Wildman–Crippen LogP) is 4.19. The van der Waals surface area contributed by atoms with E-state index in [1.54, 1.807) is 0 Å². The molecule has 1 aliphatic rings. The van der Waals surface area contributed by atoms with Gasteiger partial charge in [0.15, 0.2) is 0 Å². The molecule has 21 heavy (non-hydrogen) atoms. The summed E-state index contributed by atoms with van der Waals surface area (Å²) in [7, 11) is 0. The zero-order valence-corrected chi connectivity index (χ0v) is 13.0. The molecular weight excluding hydrogens is 256 g/mol. The summed E-state index contributed by atoms with van der Waals surface area (Å²) in [5.41, 5.74) is 2.52. The van der Waals surface area contributed by atoms with Gasteiger partial charge in [0.2, 0.25) is 0 Å². The summed E-state index contributed by atoms with van der Waals surface area (Å²) in [5, 5.41) is 4.90. The number of pyridine rings is 1. The average molecular weight is 282 g/mol. The second-order valence-corrected chi connectivity index (χ2v) is 6.57. The molecule has 1 heterocycles. The second-order valence-electron chi connectivity index (χ2n) is 6.57. The Bertz CT molecular complexity index is 565. The highest BCUT2D eigenvalue weighted by Crippen LogP contribution is 2.27. The molecule has 1 fully saturated rings. The van der Waals surface area contributed by atoms with Crippen LogP contribution < -0.4 is 5.32 Å². The van der Waals surface area contributed by atoms with Crippen molar-refractivity contribution in [3.05, 3.63) is 42.1 Å². The van der Waals surface area contributed by atoms with Crippen molar-refractivity contribution in [3.63, 3.8) is 0 Å². The fraction of sp³-hybridized carbons (Fsp3) is 0.526. The van der Waals surface area contributed by atoms with Crippen LogP contribution in [0.25, 0.3) is 10.9 Å². The predicted molar refractivity (Wildman–Crippen MR) is 89.4 cm³/mol. The third-order valence-corrected chi connectivity index (χ3v) is 4.86. The largest absolute Gasteiger partial charge is 0.316 e. The summed E-state index contributed by atoms with van der Waals surface area (Å²) in [6.45, 7) is 4.63. The topological polar surface area (TPSA) is 24.9 Å². The normalized spacial score (nSPS) is 22.5. The lowest BCUT2D eigenvalue weighted by atomic mass is 9.83. The summed E-state index contributed by atoms with van der Waals surface area (Å²) >= 11 is 0. The first-order valence-corrected chi connectivity index (χ1v) is 8.36. The van der Waals surface area contributed by atoms with Gasteiger partial charge in [0.1, 0.15) is 0 Å². The van der Waals surface area contributed by atoms with E-state index in [1.165, 1.54) is 43.2 Å². The molecule has 1 saturated carbocycles. The molecule has 0 unspecified atom stereocenters. The highest BCUT2D eigenvalue weighted by molar-refractivity contribution is 5.81. The molecule has 1 N–H and O–H groups in total. The number of para-hydroxylation sites is 1. The van der Waals surface area contributed by atoms with Crippen LogP contribution in [0, 0.1) is 11.8 Å². The summed E-state index contributed by atoms with van der Waals surface area (Å²) in [4.78, 5) is 4.53. The number of hydrogen-bond donors (Lipinski definition) is 1. The van der Waals surface area contributed by atoms with E-state index in [2.05, 4.69) is 41.5 Å². The van der Waals surface area contributed by atoms with Crippen LogP contribution in [0.5, 0.6) is 0 Å². The first-order valence-electron chi connectivity index (χ1n) is 8.36. The molecule has 0 radical (unpaired) electrons. The van der Waals surface area contributed by atoms with E-state index in [-0.39, 0.29) is 0 Å². The fourth-order valence-electron chi connectivity index (χ4n) is 3.43. The third kappa shape index (κ3) is 3.82. The Morgan fingerprint density at radius 2 is 1.90 bits per heavy atom. The number of nitrogens with zero attached hydrogens (tertiary/aromatic N) is 1. The van der Waals surface area contributed by atoms with Gasteiger partial charge in [0.05, 0.1) is 5.52 Å². The van der Waals surface area contributed by atoms with Gasteiger partial charge in [-0.3, -0.25) is 4.98 Å². The zero-order valence-electron chi connectivity index (χ0n) is 13.0. The molecule has 2 nitrogen and oxygen atoms in total. The van der Waals surface area contributed by atoms with Crippen molar-refractivity contribution in [2.75, 3.05) is 13.1 Å². The van der Waals surface area contributed by atoms with Crippen molar-refractivity contribution in [1.82, 2.24) is 10.3 Å². The van der Waals surface area contributed by atoms with Crippen LogP contribution in [0.3, 0.4) is 0 Å². The van der Waals surface area contributed by atoms with Gasteiger partial charge >= 0.3 is 0 Å². The molecule has 0 spiro atoms. The highest BCUT2D eigenvalue weighted by atomic mass is 14.9. The van der Waals surface area contributed by atoms with E-state index in [9.17, 15) is 0 Å². The monoisotopic (exact) mass is 282 g/mol. The molecule has 0 aliphatic heterocycles. The molecule has 112 valence electrons. The molecule has 3 rings (SSSR count). The van der Waals surface area contributed by atoms with Crippen molar-refractivity contribution in [2.24, 2.45) is 11.8 Å². The Morgan fingerprint density at radius 1 is 1.10 bits per heavy atom. The van der Waals surface area contributed by atoms with Crippen LogP contribution in [0.1, 0.15) is 38.2 Å². The van der Waals surface area contributed by atoms with Crippen LogP contribution >= 0.6 is 0 Å². The maximum Gasteiger partial charge on any atom is 0.0734 e. The lowest BCUT2D eigenvalue weighted by Crippen LogP contribution is -2.27. The van der Waals surface area contributed by atoms with Crippen molar-refractivity contribution in [1.29, 1.82) is 0 Å². The molecule has 0 amide bonds. The van der Waals surface area contributed by atoms with Gasteiger partial charge in [-0.1, -0.05) is 44.0 Å². The summed E-state index contributed by atoms with van der Waals surface area (Å²) in [6.07, 6.45) is 8.60. The highest BCUT2D eigenvalue weighted by Gasteiger charge is 2.17. The maximum atomic E-state index is 4.53. The van der Waals surface area contributed by atoms with Gasteiger partial charge in [0, 0.05) is 11.6 Å². The van der Waals surface area contributed by atoms with E-state index in [1.807, 2.05) is 12.3 Å². The van der Waals surface area contributed by atoms with Gasteiger partial charge in [-0.2, -0.15) is 0 Å². The second kappa shape index (κ2) is 7.04. The molecule has 1 aliphatic carbocycles. The van der Waals surface area contributed by atoms with Crippen LogP contribution in [0.4, 0.5) is 0 Å². The maximum absolute atomic E-state index is 4.53. The summed E-state index contributed by atoms with van der Waals surface area (Å²) in [6, 6.07) is 10.6. The Labute approximate surface area is 128 Å². The molecule has 1 aromatic carbocycles. The van der Waals surface area contributed by atoms with Crippen LogP contribution in [0.2, 0.25) is 0 Å². The summed E-state index contributed by atoms with van der Waals surface area (Å²) < 4.78 is 0. The average Bonchev–Trinajstić information content (AvgIpc) is 2.53. The molecule has 0 saturated heterocycles. The first kappa shape index (κ1) is 14.5. The number of aromatic nitrogens is 1. The van der Waals surface area contributed by atoms with E-state index < -0.39 is 0 Å². The number of fused-ring (bicyclic) bond motifs is 1. The van der Waals surface area contributed by atoms with Gasteiger partial charge in [0.25, 0.3) is 0 Å². The third-order valence-electron chi connectivity index (χ3n) is 4.86. The van der Waals surface area contributed by atoms with Gasteiger partial charge < -0.3 is 5.32 Å². The van der Waals surface area contributed by atoms with E-state index in [0.29, 0.717) is 0 Å². The van der Waals surface area contributed by atoms with Crippen molar-refractivity contribution >= 4 is 10.9 Å². The SMILES string of the molecule is CC1CCC(CNCCc2cccc3cccnc23)CC1. The van der Waals surface area contributed by atoms with Gasteiger partial charge in [-0.25, -0.2) is 0 Å². The molecular formula is C19H26N2. The smallest absolute Gasteiger partial charge is 0.0734 e. The number of benzene rings is 1. The standard InChI is InChI=1S/C19H26N2/c1-15-7-9-16(10-8-15)14-20-13-11-18-5-2-4-17-6-3-12-21-19(17)18/h2-6,12,15-16,20H,7-11,13-14H2,1H3. The minimum atomic E-state index is 0.895. The quantitative estimate of drug-likeness (QED) is 0.832. The van der Waals surface area contributed by atoms with Gasteiger partial charge in [-0.05, 0) is 55.8 Å². The number of nitrogens with one attached hydrogen (secondary N) is 1. The molecule has 0 bridgehead atoms. The van der Waals surface area contributed by atoms with Crippen molar-refractivity contribution < 1.29 is 0 Å². The molecule has 2 aromatic rings. The van der Waals surface area contributed by atoms with Crippen LogP contribution in [0.15, 0.2) is 36.5 Å². The minimum absolute atomic E-state index is 0.895. The fourth-order valence-corrected chi connectivity index (χ4v) is 3.43. The zero-order chi connectivity index (χ0) is 14.5. The Morgan fingerprint density at radius 3 is 2.76 bits per heavy atom. The van der Waals surface area contributed by atoms with Crippen molar-refractivity contribution in [3.8, 4) is 0 Å². The Balaban J connectivity index is 1.48. The van der Waals surface area contributed by atoms with E-state index in [0.717, 1.165) is 30.3 Å². The van der Waals surface area contributed by atoms with Crippen LogP contribution in [-0.4, -0.2) is 18.1 Å². The molecule has 1 aromatic heterocycles. The van der Waals surface area contributed by atoms with Crippen LogP contribution in [-0.2, 0) is 6.42 Å². The van der Waals surface area contributed by atoms with Gasteiger partial charge in [-0.15, -0.1) is 0 Å². The Hall–Kier alpha value is -1.41. The number of rotatable bonds is 5. The summed E-state index contributed by atoms with van der Waals surface area (Å²) in [5.74, 6) is 1.84.